The average molecular weight is 401 g/mol. The molecule has 0 fully saturated rings. The third-order valence-corrected chi connectivity index (χ3v) is 6.27. The van der Waals surface area contributed by atoms with Crippen molar-refractivity contribution in [3.05, 3.63) is 24.3 Å². The van der Waals surface area contributed by atoms with E-state index in [1.165, 1.54) is 24.3 Å². The van der Waals surface area contributed by atoms with Crippen molar-refractivity contribution in [2.45, 2.75) is 31.2 Å². The predicted octanol–water partition coefficient (Wildman–Crippen LogP) is 0.938. The number of benzene rings is 1. The van der Waals surface area contributed by atoms with E-state index < -0.39 is 19.9 Å². The lowest BCUT2D eigenvalue weighted by Gasteiger charge is -2.10. The Balaban J connectivity index is 0.00000529. The van der Waals surface area contributed by atoms with Gasteiger partial charge in [-0.15, -0.1) is 12.4 Å². The second-order valence-electron chi connectivity index (χ2n) is 5.22. The van der Waals surface area contributed by atoms with E-state index in [9.17, 15) is 16.8 Å². The number of halogens is 1. The van der Waals surface area contributed by atoms with Crippen LogP contribution in [0.4, 0.5) is 0 Å². The summed E-state index contributed by atoms with van der Waals surface area (Å²) in [4.78, 5) is 0.121. The van der Waals surface area contributed by atoms with Crippen LogP contribution in [-0.2, 0) is 19.9 Å². The molecular formula is C14H25ClN2O5S2. The van der Waals surface area contributed by atoms with Crippen molar-refractivity contribution >= 4 is 32.3 Å². The molecule has 3 N–H and O–H groups in total. The van der Waals surface area contributed by atoms with Crippen LogP contribution in [0.25, 0.3) is 0 Å². The van der Waals surface area contributed by atoms with Gasteiger partial charge in [-0.25, -0.2) is 21.6 Å². The van der Waals surface area contributed by atoms with E-state index >= 15 is 0 Å². The molecule has 1 rings (SSSR count). The number of sulfone groups is 1. The Morgan fingerprint density at radius 2 is 1.75 bits per heavy atom. The zero-order valence-corrected chi connectivity index (χ0v) is 16.2. The summed E-state index contributed by atoms with van der Waals surface area (Å²) in [6, 6.07) is 5.75. The van der Waals surface area contributed by atoms with Crippen molar-refractivity contribution in [1.82, 2.24) is 4.72 Å². The van der Waals surface area contributed by atoms with Gasteiger partial charge in [-0.1, -0.05) is 6.92 Å². The highest BCUT2D eigenvalue weighted by molar-refractivity contribution is 7.91. The van der Waals surface area contributed by atoms with Gasteiger partial charge >= 0.3 is 0 Å². The van der Waals surface area contributed by atoms with Crippen molar-refractivity contribution in [3.8, 4) is 5.75 Å². The molecule has 1 aromatic rings. The SMILES string of the molecule is CCS(=O)(=O)CCOc1ccc(S(=O)(=O)NCCC(C)N)cc1.Cl. The van der Waals surface area contributed by atoms with E-state index in [0.717, 1.165) is 0 Å². The Hall–Kier alpha value is -0.870. The molecule has 24 heavy (non-hydrogen) atoms. The molecule has 0 radical (unpaired) electrons. The molecule has 0 amide bonds. The van der Waals surface area contributed by atoms with Crippen LogP contribution < -0.4 is 15.2 Å². The molecule has 0 saturated heterocycles. The summed E-state index contributed by atoms with van der Waals surface area (Å²) in [6.45, 7) is 3.69. The minimum atomic E-state index is -3.58. The fourth-order valence-corrected chi connectivity index (χ4v) is 3.32. The van der Waals surface area contributed by atoms with Gasteiger partial charge in [0.1, 0.15) is 12.4 Å². The largest absolute Gasteiger partial charge is 0.493 e. The van der Waals surface area contributed by atoms with Crippen molar-refractivity contribution in [2.24, 2.45) is 5.73 Å². The van der Waals surface area contributed by atoms with Crippen LogP contribution in [0, 0.1) is 0 Å². The third kappa shape index (κ3) is 8.29. The summed E-state index contributed by atoms with van der Waals surface area (Å²) in [7, 11) is -6.66. The zero-order valence-electron chi connectivity index (χ0n) is 13.8. The molecule has 1 unspecified atom stereocenters. The molecular weight excluding hydrogens is 376 g/mol. The first-order valence-electron chi connectivity index (χ1n) is 7.35. The van der Waals surface area contributed by atoms with Crippen molar-refractivity contribution in [3.63, 3.8) is 0 Å². The molecule has 0 aliphatic carbocycles. The van der Waals surface area contributed by atoms with Gasteiger partial charge in [0.2, 0.25) is 10.0 Å². The maximum absolute atomic E-state index is 12.0. The van der Waals surface area contributed by atoms with Crippen LogP contribution in [0.5, 0.6) is 5.75 Å². The number of sulfonamides is 1. The van der Waals surface area contributed by atoms with Crippen LogP contribution in [0.3, 0.4) is 0 Å². The molecule has 0 aromatic heterocycles. The number of nitrogens with two attached hydrogens (primary N) is 1. The van der Waals surface area contributed by atoms with Crippen LogP contribution in [0.2, 0.25) is 0 Å². The second kappa shape index (κ2) is 10.2. The molecule has 0 aliphatic rings. The fourth-order valence-electron chi connectivity index (χ4n) is 1.65. The van der Waals surface area contributed by atoms with Gasteiger partial charge in [-0.05, 0) is 37.6 Å². The molecule has 1 atom stereocenters. The topological polar surface area (TPSA) is 116 Å². The lowest BCUT2D eigenvalue weighted by atomic mass is 10.3. The molecule has 10 heteroatoms. The van der Waals surface area contributed by atoms with E-state index in [1.54, 1.807) is 13.8 Å². The van der Waals surface area contributed by atoms with Crippen LogP contribution in [0.15, 0.2) is 29.2 Å². The minimum absolute atomic E-state index is 0. The molecule has 140 valence electrons. The lowest BCUT2D eigenvalue weighted by molar-refractivity contribution is 0.340. The molecule has 0 heterocycles. The van der Waals surface area contributed by atoms with Gasteiger partial charge < -0.3 is 10.5 Å². The van der Waals surface area contributed by atoms with Gasteiger partial charge in [0.25, 0.3) is 0 Å². The summed E-state index contributed by atoms with van der Waals surface area (Å²) in [6.07, 6.45) is 0.548. The number of rotatable bonds is 10. The maximum atomic E-state index is 12.0. The van der Waals surface area contributed by atoms with E-state index in [1.807, 2.05) is 0 Å². The van der Waals surface area contributed by atoms with E-state index in [4.69, 9.17) is 10.5 Å². The Morgan fingerprint density at radius 3 is 2.25 bits per heavy atom. The monoisotopic (exact) mass is 400 g/mol. The summed E-state index contributed by atoms with van der Waals surface area (Å²) in [5, 5.41) is 0. The first-order valence-corrected chi connectivity index (χ1v) is 10.7. The maximum Gasteiger partial charge on any atom is 0.240 e. The molecule has 7 nitrogen and oxygen atoms in total. The number of ether oxygens (including phenoxy) is 1. The Bertz CT molecular complexity index is 688. The van der Waals surface area contributed by atoms with Gasteiger partial charge in [0.05, 0.1) is 10.6 Å². The molecule has 0 bridgehead atoms. The van der Waals surface area contributed by atoms with E-state index in [0.29, 0.717) is 12.2 Å². The lowest BCUT2D eigenvalue weighted by Crippen LogP contribution is -2.29. The summed E-state index contributed by atoms with van der Waals surface area (Å²) >= 11 is 0. The van der Waals surface area contributed by atoms with Crippen molar-refractivity contribution in [1.29, 1.82) is 0 Å². The van der Waals surface area contributed by atoms with Crippen LogP contribution in [0.1, 0.15) is 20.3 Å². The van der Waals surface area contributed by atoms with Crippen molar-refractivity contribution < 1.29 is 21.6 Å². The molecule has 0 aliphatic heterocycles. The smallest absolute Gasteiger partial charge is 0.240 e. The Kier molecular flexibility index (Phi) is 9.83. The minimum Gasteiger partial charge on any atom is -0.493 e. The summed E-state index contributed by atoms with van der Waals surface area (Å²) < 4.78 is 54.6. The zero-order chi connectivity index (χ0) is 17.5. The van der Waals surface area contributed by atoms with E-state index in [2.05, 4.69) is 4.72 Å². The van der Waals surface area contributed by atoms with Crippen LogP contribution >= 0.6 is 12.4 Å². The van der Waals surface area contributed by atoms with Crippen molar-refractivity contribution in [2.75, 3.05) is 24.7 Å². The standard InChI is InChI=1S/C14H24N2O5S2.ClH/c1-3-22(17,18)11-10-21-13-4-6-14(7-5-13)23(19,20)16-9-8-12(2)15;/h4-7,12,16H,3,8-11,15H2,1-2H3;1H. The number of hydrogen-bond acceptors (Lipinski definition) is 6. The highest BCUT2D eigenvalue weighted by Crippen LogP contribution is 2.16. The van der Waals surface area contributed by atoms with Crippen LogP contribution in [-0.4, -0.2) is 47.5 Å². The fraction of sp³-hybridized carbons (Fsp3) is 0.571. The molecule has 0 spiro atoms. The summed E-state index contributed by atoms with van der Waals surface area (Å²) in [5.41, 5.74) is 5.57. The first kappa shape index (κ1) is 23.1. The van der Waals surface area contributed by atoms with Gasteiger partial charge in [0, 0.05) is 18.3 Å². The molecule has 1 aromatic carbocycles. The van der Waals surface area contributed by atoms with Gasteiger partial charge in [0.15, 0.2) is 9.84 Å². The highest BCUT2D eigenvalue weighted by atomic mass is 35.5. The quantitative estimate of drug-likeness (QED) is 0.603. The Morgan fingerprint density at radius 1 is 1.17 bits per heavy atom. The number of nitrogens with one attached hydrogen (secondary N) is 1. The molecule has 0 saturated carbocycles. The van der Waals surface area contributed by atoms with E-state index in [-0.39, 0.29) is 48.0 Å². The first-order chi connectivity index (χ1) is 10.7. The third-order valence-electron chi connectivity index (χ3n) is 3.13. The summed E-state index contributed by atoms with van der Waals surface area (Å²) in [5.74, 6) is 0.425. The number of hydrogen-bond donors (Lipinski definition) is 2. The predicted molar refractivity (Wildman–Crippen MR) is 97.0 cm³/mol. The highest BCUT2D eigenvalue weighted by Gasteiger charge is 2.14. The average Bonchev–Trinajstić information content (AvgIpc) is 2.47. The normalized spacial score (nSPS) is 13.1. The van der Waals surface area contributed by atoms with Gasteiger partial charge in [-0.3, -0.25) is 0 Å². The second-order valence-corrected chi connectivity index (χ2v) is 9.46. The van der Waals surface area contributed by atoms with Gasteiger partial charge in [-0.2, -0.15) is 0 Å². The Labute approximate surface area is 150 Å².